The van der Waals surface area contributed by atoms with Crippen LogP contribution in [0, 0.1) is 11.6 Å². The van der Waals surface area contributed by atoms with E-state index >= 15 is 0 Å². The topological polar surface area (TPSA) is 63.7 Å². The zero-order valence-corrected chi connectivity index (χ0v) is 19.1. The van der Waals surface area contributed by atoms with Crippen LogP contribution in [0.15, 0.2) is 59.5 Å². The molecule has 0 saturated carbocycles. The molecule has 0 spiro atoms. The van der Waals surface area contributed by atoms with Gasteiger partial charge in [0.1, 0.15) is 28.9 Å². The predicted molar refractivity (Wildman–Crippen MR) is 121 cm³/mol. The van der Waals surface area contributed by atoms with Crippen LogP contribution >= 0.6 is 0 Å². The Hall–Kier alpha value is -3.26. The van der Waals surface area contributed by atoms with E-state index in [9.17, 15) is 22.0 Å². The number of amides is 1. The minimum Gasteiger partial charge on any atom is -0.491 e. The molecule has 0 aliphatic carbocycles. The van der Waals surface area contributed by atoms with E-state index in [4.69, 9.17) is 4.74 Å². The molecule has 0 N–H and O–H groups in total. The summed E-state index contributed by atoms with van der Waals surface area (Å²) in [7, 11) is -3.76. The fourth-order valence-corrected chi connectivity index (χ4v) is 4.78. The van der Waals surface area contributed by atoms with E-state index in [2.05, 4.69) is 0 Å². The number of halogens is 2. The summed E-state index contributed by atoms with van der Waals surface area (Å²) in [5.74, 6) is -1.01. The molecular formula is C25H23F2NO4S. The SMILES string of the molecule is CCc1c(C(=O)N2CCOc3ccc(-c4cccc(F)c4)cc3C2)ccc(S(C)(=O)=O)c1F. The van der Waals surface area contributed by atoms with Crippen molar-refractivity contribution in [1.82, 2.24) is 4.90 Å². The molecular weight excluding hydrogens is 448 g/mol. The van der Waals surface area contributed by atoms with Crippen molar-refractivity contribution in [2.24, 2.45) is 0 Å². The molecule has 0 aromatic heterocycles. The van der Waals surface area contributed by atoms with Crippen LogP contribution in [0.25, 0.3) is 11.1 Å². The first-order chi connectivity index (χ1) is 15.7. The molecule has 1 aliphatic rings. The summed E-state index contributed by atoms with van der Waals surface area (Å²) >= 11 is 0. The van der Waals surface area contributed by atoms with E-state index in [1.54, 1.807) is 30.0 Å². The Balaban J connectivity index is 1.69. The number of rotatable bonds is 4. The Morgan fingerprint density at radius 2 is 1.82 bits per heavy atom. The lowest BCUT2D eigenvalue weighted by Crippen LogP contribution is -2.33. The Morgan fingerprint density at radius 3 is 2.52 bits per heavy atom. The van der Waals surface area contributed by atoms with E-state index in [1.165, 1.54) is 18.2 Å². The van der Waals surface area contributed by atoms with Gasteiger partial charge in [0.2, 0.25) is 0 Å². The Bertz CT molecular complexity index is 1340. The molecule has 0 fully saturated rings. The predicted octanol–water partition coefficient (Wildman–Crippen LogP) is 4.63. The second-order valence-electron chi connectivity index (χ2n) is 7.94. The lowest BCUT2D eigenvalue weighted by molar-refractivity contribution is 0.0731. The van der Waals surface area contributed by atoms with Gasteiger partial charge in [-0.25, -0.2) is 17.2 Å². The highest BCUT2D eigenvalue weighted by molar-refractivity contribution is 7.90. The quantitative estimate of drug-likeness (QED) is 0.557. The summed E-state index contributed by atoms with van der Waals surface area (Å²) in [4.78, 5) is 14.5. The fraction of sp³-hybridized carbons (Fsp3) is 0.240. The van der Waals surface area contributed by atoms with E-state index in [0.717, 1.165) is 23.4 Å². The van der Waals surface area contributed by atoms with Crippen molar-refractivity contribution in [3.63, 3.8) is 0 Å². The highest BCUT2D eigenvalue weighted by Gasteiger charge is 2.27. The zero-order chi connectivity index (χ0) is 23.8. The number of ether oxygens (including phenoxy) is 1. The first-order valence-corrected chi connectivity index (χ1v) is 12.4. The van der Waals surface area contributed by atoms with E-state index in [1.807, 2.05) is 12.1 Å². The van der Waals surface area contributed by atoms with Gasteiger partial charge in [-0.1, -0.05) is 25.1 Å². The molecule has 172 valence electrons. The van der Waals surface area contributed by atoms with Crippen molar-refractivity contribution in [3.8, 4) is 16.9 Å². The normalized spacial score (nSPS) is 13.8. The number of hydrogen-bond acceptors (Lipinski definition) is 4. The lowest BCUT2D eigenvalue weighted by Gasteiger charge is -2.22. The van der Waals surface area contributed by atoms with Crippen molar-refractivity contribution in [2.75, 3.05) is 19.4 Å². The van der Waals surface area contributed by atoms with Gasteiger partial charge in [0, 0.05) is 29.5 Å². The molecule has 1 heterocycles. The van der Waals surface area contributed by atoms with Crippen LogP contribution in [0.3, 0.4) is 0 Å². The Morgan fingerprint density at radius 1 is 1.06 bits per heavy atom. The van der Waals surface area contributed by atoms with Gasteiger partial charge < -0.3 is 9.64 Å². The maximum Gasteiger partial charge on any atom is 0.254 e. The van der Waals surface area contributed by atoms with E-state index < -0.39 is 26.5 Å². The highest BCUT2D eigenvalue weighted by Crippen LogP contribution is 2.31. The maximum atomic E-state index is 14.9. The van der Waals surface area contributed by atoms with Gasteiger partial charge in [-0.05, 0) is 53.9 Å². The van der Waals surface area contributed by atoms with Crippen molar-refractivity contribution < 1.29 is 26.7 Å². The van der Waals surface area contributed by atoms with E-state index in [-0.39, 0.29) is 43.1 Å². The van der Waals surface area contributed by atoms with Crippen LogP contribution in [0.1, 0.15) is 28.4 Å². The number of nitrogens with zero attached hydrogens (tertiary/aromatic N) is 1. The number of hydrogen-bond donors (Lipinski definition) is 0. The van der Waals surface area contributed by atoms with Crippen LogP contribution in [0.5, 0.6) is 5.75 Å². The summed E-state index contributed by atoms with van der Waals surface area (Å²) in [6, 6.07) is 14.2. The van der Waals surface area contributed by atoms with Crippen LogP contribution in [-0.4, -0.2) is 38.6 Å². The van der Waals surface area contributed by atoms with Crippen molar-refractivity contribution >= 4 is 15.7 Å². The second-order valence-corrected chi connectivity index (χ2v) is 9.92. The minimum atomic E-state index is -3.76. The number of carbonyl (C=O) groups excluding carboxylic acids is 1. The molecule has 33 heavy (non-hydrogen) atoms. The molecule has 1 aliphatic heterocycles. The first-order valence-electron chi connectivity index (χ1n) is 10.5. The average molecular weight is 472 g/mol. The Labute approximate surface area is 191 Å². The van der Waals surface area contributed by atoms with Gasteiger partial charge in [-0.15, -0.1) is 0 Å². The number of sulfone groups is 1. The third kappa shape index (κ3) is 4.61. The maximum absolute atomic E-state index is 14.9. The summed E-state index contributed by atoms with van der Waals surface area (Å²) in [6.45, 7) is 2.42. The Kier molecular flexibility index (Phi) is 6.21. The molecule has 3 aromatic rings. The summed E-state index contributed by atoms with van der Waals surface area (Å²) in [6.07, 6.45) is 1.10. The van der Waals surface area contributed by atoms with Crippen LogP contribution in [0.4, 0.5) is 8.78 Å². The monoisotopic (exact) mass is 471 g/mol. The largest absolute Gasteiger partial charge is 0.491 e. The highest BCUT2D eigenvalue weighted by atomic mass is 32.2. The minimum absolute atomic E-state index is 0.0711. The number of benzene rings is 3. The van der Waals surface area contributed by atoms with Gasteiger partial charge in [-0.3, -0.25) is 4.79 Å². The van der Waals surface area contributed by atoms with Crippen LogP contribution < -0.4 is 4.74 Å². The van der Waals surface area contributed by atoms with Crippen molar-refractivity contribution in [2.45, 2.75) is 24.8 Å². The lowest BCUT2D eigenvalue weighted by atomic mass is 10.0. The van der Waals surface area contributed by atoms with Gasteiger partial charge in [0.15, 0.2) is 9.84 Å². The van der Waals surface area contributed by atoms with Crippen molar-refractivity contribution in [1.29, 1.82) is 0 Å². The van der Waals surface area contributed by atoms with Crippen LogP contribution in [-0.2, 0) is 22.8 Å². The molecule has 5 nitrogen and oxygen atoms in total. The molecule has 0 atom stereocenters. The standard InChI is InChI=1S/C25H23F2NO4S/c1-3-20-21(8-10-23(24(20)27)33(2,30)31)25(29)28-11-12-32-22-9-7-17(13-18(22)15-28)16-5-4-6-19(26)14-16/h4-10,13-14H,3,11-12,15H2,1-2H3. The molecule has 3 aromatic carbocycles. The van der Waals surface area contributed by atoms with E-state index in [0.29, 0.717) is 11.3 Å². The summed E-state index contributed by atoms with van der Waals surface area (Å²) in [5, 5.41) is 0. The van der Waals surface area contributed by atoms with Gasteiger partial charge in [0.05, 0.1) is 6.54 Å². The molecule has 0 radical (unpaired) electrons. The molecule has 4 rings (SSSR count). The van der Waals surface area contributed by atoms with Gasteiger partial charge in [0.25, 0.3) is 5.91 Å². The number of fused-ring (bicyclic) bond motifs is 1. The number of carbonyl (C=O) groups is 1. The zero-order valence-electron chi connectivity index (χ0n) is 18.3. The van der Waals surface area contributed by atoms with Crippen molar-refractivity contribution in [3.05, 3.63) is 82.9 Å². The van der Waals surface area contributed by atoms with Gasteiger partial charge >= 0.3 is 0 Å². The second kappa shape index (κ2) is 8.94. The molecule has 1 amide bonds. The smallest absolute Gasteiger partial charge is 0.254 e. The van der Waals surface area contributed by atoms with Gasteiger partial charge in [-0.2, -0.15) is 0 Å². The van der Waals surface area contributed by atoms with Crippen LogP contribution in [0.2, 0.25) is 0 Å². The first kappa shape index (κ1) is 22.9. The third-order valence-electron chi connectivity index (χ3n) is 5.68. The fourth-order valence-electron chi connectivity index (χ4n) is 4.02. The molecule has 0 bridgehead atoms. The molecule has 8 heteroatoms. The summed E-state index contributed by atoms with van der Waals surface area (Å²) < 4.78 is 58.2. The molecule has 0 saturated heterocycles. The average Bonchev–Trinajstić information content (AvgIpc) is 2.99. The summed E-state index contributed by atoms with van der Waals surface area (Å²) in [5.41, 5.74) is 2.43. The molecule has 0 unspecified atom stereocenters. The third-order valence-corrected chi connectivity index (χ3v) is 6.79.